The Morgan fingerprint density at radius 2 is 2.12 bits per heavy atom. The van der Waals surface area contributed by atoms with Crippen LogP contribution >= 0.6 is 11.5 Å². The van der Waals surface area contributed by atoms with Crippen molar-refractivity contribution in [3.8, 4) is 0 Å². The number of rotatable bonds is 6. The first-order valence-electron chi connectivity index (χ1n) is 7.57. The van der Waals surface area contributed by atoms with Gasteiger partial charge in [-0.15, -0.1) is 0 Å². The topological polar surface area (TPSA) is 160 Å². The molecule has 25 heavy (non-hydrogen) atoms. The second kappa shape index (κ2) is 7.23. The van der Waals surface area contributed by atoms with Crippen molar-refractivity contribution in [2.45, 2.75) is 38.8 Å². The Kier molecular flexibility index (Phi) is 5.48. The third-order valence-electron chi connectivity index (χ3n) is 3.35. The Bertz CT molecular complexity index is 710. The fourth-order valence-corrected chi connectivity index (χ4v) is 2.69. The van der Waals surface area contributed by atoms with Gasteiger partial charge in [0, 0.05) is 24.5 Å². The third-order valence-corrected chi connectivity index (χ3v) is 3.98. The molecule has 0 saturated carbocycles. The molecule has 10 nitrogen and oxygen atoms in total. The lowest BCUT2D eigenvalue weighted by Crippen LogP contribution is -2.61. The lowest BCUT2D eigenvalue weighted by molar-refractivity contribution is -0.137. The highest BCUT2D eigenvalue weighted by Crippen LogP contribution is 2.20. The van der Waals surface area contributed by atoms with Crippen molar-refractivity contribution in [1.82, 2.24) is 14.7 Å². The van der Waals surface area contributed by atoms with Gasteiger partial charge >= 0.3 is 6.09 Å². The Morgan fingerprint density at radius 3 is 2.68 bits per heavy atom. The Morgan fingerprint density at radius 1 is 1.44 bits per heavy atom. The van der Waals surface area contributed by atoms with Crippen LogP contribution < -0.4 is 16.4 Å². The number of ether oxygens (including phenoxy) is 1. The smallest absolute Gasteiger partial charge is 0.414 e. The van der Waals surface area contributed by atoms with Gasteiger partial charge in [0.25, 0.3) is 0 Å². The van der Waals surface area contributed by atoms with Crippen molar-refractivity contribution in [1.29, 1.82) is 5.41 Å². The zero-order valence-electron chi connectivity index (χ0n) is 14.1. The molecule has 0 aromatic carbocycles. The summed E-state index contributed by atoms with van der Waals surface area (Å²) in [6, 6.07) is -0.253. The van der Waals surface area contributed by atoms with E-state index in [4.69, 9.17) is 15.9 Å². The molecule has 0 spiro atoms. The minimum absolute atomic E-state index is 0.106. The normalized spacial score (nSPS) is 19.6. The number of hydrogen-bond acceptors (Lipinski definition) is 9. The number of ketones is 1. The molecule has 11 heteroatoms. The first-order chi connectivity index (χ1) is 11.6. The number of amides is 2. The summed E-state index contributed by atoms with van der Waals surface area (Å²) in [7, 11) is 0. The maximum atomic E-state index is 12.1. The number of carbonyl (C=O) groups excluding carboxylic acids is 3. The molecule has 2 amide bonds. The predicted octanol–water partition coefficient (Wildman–Crippen LogP) is 0.285. The molecule has 1 fully saturated rings. The van der Waals surface area contributed by atoms with Crippen LogP contribution in [0.5, 0.6) is 0 Å². The van der Waals surface area contributed by atoms with Gasteiger partial charge < -0.3 is 15.8 Å². The van der Waals surface area contributed by atoms with Crippen molar-refractivity contribution in [3.05, 3.63) is 5.82 Å². The number of nitrogens with zero attached hydrogens (tertiary/aromatic N) is 2. The van der Waals surface area contributed by atoms with E-state index >= 15 is 0 Å². The minimum Gasteiger partial charge on any atom is -0.444 e. The number of nitrogens with two attached hydrogens (primary N) is 1. The summed E-state index contributed by atoms with van der Waals surface area (Å²) in [5.74, 6) is -1.45. The van der Waals surface area contributed by atoms with E-state index < -0.39 is 29.1 Å². The molecule has 0 unspecified atom stereocenters. The van der Waals surface area contributed by atoms with E-state index in [0.717, 1.165) is 11.5 Å². The van der Waals surface area contributed by atoms with E-state index in [1.54, 1.807) is 20.8 Å². The average molecular weight is 368 g/mol. The van der Waals surface area contributed by atoms with Crippen LogP contribution in [0, 0.1) is 11.3 Å². The lowest BCUT2D eigenvalue weighted by atomic mass is 9.85. The number of β-lactam (4-membered cyclic amide) rings is 1. The number of anilines is 1. The standard InChI is InChI=1S/C14H20N6O4S/c1-14(2,3)24-13(23)19-12-18-10(20-25-12)9(16)8(21)4-6-7(5-15)17-11(6)22/h6-7,16H,4-5,15H2,1-3H3,(H,17,22)(H,18,19,20,23)/t6-,7+/m0/s1. The SMILES string of the molecule is CC(C)(C)OC(=O)Nc1nc(C(=N)C(=O)C[C@@H]2C(=O)N[C@@H]2CN)ns1. The van der Waals surface area contributed by atoms with Crippen LogP contribution in [0.1, 0.15) is 33.0 Å². The molecule has 2 atom stereocenters. The van der Waals surface area contributed by atoms with Crippen LogP contribution in [0.4, 0.5) is 9.93 Å². The van der Waals surface area contributed by atoms with Gasteiger partial charge in [0.2, 0.25) is 11.0 Å². The number of aromatic nitrogens is 2. The third kappa shape index (κ3) is 4.79. The van der Waals surface area contributed by atoms with Crippen LogP contribution in [0.2, 0.25) is 0 Å². The minimum atomic E-state index is -0.704. The van der Waals surface area contributed by atoms with Gasteiger partial charge in [0.15, 0.2) is 11.6 Å². The molecule has 0 aliphatic carbocycles. The molecular formula is C14H20N6O4S. The highest BCUT2D eigenvalue weighted by Gasteiger charge is 2.40. The summed E-state index contributed by atoms with van der Waals surface area (Å²) in [5.41, 5.74) is 4.41. The van der Waals surface area contributed by atoms with Crippen LogP contribution in [0.15, 0.2) is 0 Å². The lowest BCUT2D eigenvalue weighted by Gasteiger charge is -2.35. The molecule has 5 N–H and O–H groups in total. The fourth-order valence-electron chi connectivity index (χ4n) is 2.13. The van der Waals surface area contributed by atoms with Gasteiger partial charge in [-0.3, -0.25) is 20.3 Å². The van der Waals surface area contributed by atoms with Crippen LogP contribution in [-0.4, -0.2) is 51.0 Å². The number of nitrogens with one attached hydrogen (secondary N) is 3. The van der Waals surface area contributed by atoms with Crippen molar-refractivity contribution in [3.63, 3.8) is 0 Å². The van der Waals surface area contributed by atoms with E-state index in [-0.39, 0.29) is 35.9 Å². The van der Waals surface area contributed by atoms with E-state index in [9.17, 15) is 14.4 Å². The van der Waals surface area contributed by atoms with Crippen LogP contribution in [0.25, 0.3) is 0 Å². The van der Waals surface area contributed by atoms with Gasteiger partial charge in [-0.2, -0.15) is 9.36 Å². The van der Waals surface area contributed by atoms with Crippen LogP contribution in [0.3, 0.4) is 0 Å². The summed E-state index contributed by atoms with van der Waals surface area (Å²) in [4.78, 5) is 39.2. The first-order valence-corrected chi connectivity index (χ1v) is 8.34. The van der Waals surface area contributed by atoms with Crippen molar-refractivity contribution in [2.75, 3.05) is 11.9 Å². The molecular weight excluding hydrogens is 348 g/mol. The Labute approximate surface area is 148 Å². The molecule has 136 valence electrons. The zero-order valence-corrected chi connectivity index (χ0v) is 14.9. The maximum Gasteiger partial charge on any atom is 0.414 e. The van der Waals surface area contributed by atoms with Gasteiger partial charge in [-0.1, -0.05) is 0 Å². The van der Waals surface area contributed by atoms with Crippen molar-refractivity contribution < 1.29 is 19.1 Å². The van der Waals surface area contributed by atoms with Crippen molar-refractivity contribution >= 4 is 40.2 Å². The highest BCUT2D eigenvalue weighted by molar-refractivity contribution is 7.10. The van der Waals surface area contributed by atoms with E-state index in [0.29, 0.717) is 0 Å². The van der Waals surface area contributed by atoms with E-state index in [1.165, 1.54) is 0 Å². The highest BCUT2D eigenvalue weighted by atomic mass is 32.1. The molecule has 1 saturated heterocycles. The fraction of sp³-hybridized carbons (Fsp3) is 0.571. The number of Topliss-reactive ketones (excluding diaryl/α,β-unsaturated/α-hetero) is 1. The molecule has 1 aliphatic heterocycles. The van der Waals surface area contributed by atoms with Crippen molar-refractivity contribution in [2.24, 2.45) is 11.7 Å². The summed E-state index contributed by atoms with van der Waals surface area (Å²) >= 11 is 0.828. The predicted molar refractivity (Wildman–Crippen MR) is 90.7 cm³/mol. The summed E-state index contributed by atoms with van der Waals surface area (Å²) < 4.78 is 8.97. The Balaban J connectivity index is 1.94. The van der Waals surface area contributed by atoms with E-state index in [2.05, 4.69) is 20.0 Å². The molecule has 2 rings (SSSR count). The summed E-state index contributed by atoms with van der Waals surface area (Å²) in [5, 5.41) is 13.0. The zero-order chi connectivity index (χ0) is 18.8. The first kappa shape index (κ1) is 18.9. The number of carbonyl (C=O) groups is 3. The monoisotopic (exact) mass is 368 g/mol. The second-order valence-corrected chi connectivity index (χ2v) is 7.26. The molecule has 1 aromatic rings. The number of hydrogen-bond donors (Lipinski definition) is 4. The van der Waals surface area contributed by atoms with Crippen LogP contribution in [-0.2, 0) is 14.3 Å². The van der Waals surface area contributed by atoms with E-state index in [1.807, 2.05) is 0 Å². The molecule has 0 bridgehead atoms. The quantitative estimate of drug-likeness (QED) is 0.414. The molecule has 1 aliphatic rings. The summed E-state index contributed by atoms with van der Waals surface area (Å²) in [6.07, 6.45) is -0.828. The largest absolute Gasteiger partial charge is 0.444 e. The van der Waals surface area contributed by atoms with Gasteiger partial charge in [0.1, 0.15) is 11.3 Å². The molecule has 0 radical (unpaired) electrons. The molecule has 1 aromatic heterocycles. The Hall–Kier alpha value is -2.40. The maximum absolute atomic E-state index is 12.1. The molecule has 2 heterocycles. The van der Waals surface area contributed by atoms with Gasteiger partial charge in [-0.25, -0.2) is 4.79 Å². The second-order valence-electron chi connectivity index (χ2n) is 6.51. The summed E-state index contributed by atoms with van der Waals surface area (Å²) in [6.45, 7) is 5.39. The average Bonchev–Trinajstić information content (AvgIpc) is 2.95. The van der Waals surface area contributed by atoms with Gasteiger partial charge in [0.05, 0.1) is 12.0 Å². The van der Waals surface area contributed by atoms with Gasteiger partial charge in [-0.05, 0) is 20.8 Å².